The fourth-order valence-corrected chi connectivity index (χ4v) is 4.10. The van der Waals surface area contributed by atoms with E-state index < -0.39 is 27.9 Å². The molecule has 0 fully saturated rings. The van der Waals surface area contributed by atoms with E-state index in [2.05, 4.69) is 10.0 Å². The van der Waals surface area contributed by atoms with Crippen molar-refractivity contribution in [2.75, 3.05) is 6.54 Å². The first-order valence-corrected chi connectivity index (χ1v) is 9.10. The number of aliphatic carboxylic acids is 1. The fourth-order valence-electron chi connectivity index (χ4n) is 2.62. The molecule has 0 bridgehead atoms. The summed E-state index contributed by atoms with van der Waals surface area (Å²) in [6.07, 6.45) is -0.244. The molecule has 1 amide bonds. The number of rotatable bonds is 8. The first-order chi connectivity index (χ1) is 11.0. The second-order valence-corrected chi connectivity index (χ2v) is 7.65. The van der Waals surface area contributed by atoms with Crippen molar-refractivity contribution in [2.45, 2.75) is 51.5 Å². The summed E-state index contributed by atoms with van der Waals surface area (Å²) >= 11 is 0. The normalized spacial score (nSPS) is 12.7. The predicted octanol–water partition coefficient (Wildman–Crippen LogP) is 1.26. The maximum Gasteiger partial charge on any atom is 0.305 e. The van der Waals surface area contributed by atoms with E-state index in [1.54, 1.807) is 32.9 Å². The SMILES string of the molecule is Cc1cc(C)c(S(=O)(=O)NCCC(=O)NC(C)CC(=O)O)c(C)c1. The Hall–Kier alpha value is -1.93. The maximum absolute atomic E-state index is 12.4. The standard InChI is InChI=1S/C16H24N2O5S/c1-10-7-11(2)16(12(3)8-10)24(22,23)17-6-5-14(19)18-13(4)9-15(20)21/h7-8,13,17H,5-6,9H2,1-4H3,(H,18,19)(H,20,21). The lowest BCUT2D eigenvalue weighted by Crippen LogP contribution is -2.36. The molecule has 1 unspecified atom stereocenters. The number of carboxylic acid groups (broad SMARTS) is 1. The van der Waals surface area contributed by atoms with Crippen molar-refractivity contribution < 1.29 is 23.1 Å². The van der Waals surface area contributed by atoms with Crippen LogP contribution in [-0.2, 0) is 19.6 Å². The molecule has 0 spiro atoms. The number of hydrogen-bond acceptors (Lipinski definition) is 4. The van der Waals surface area contributed by atoms with Crippen LogP contribution in [0.1, 0.15) is 36.5 Å². The molecule has 8 heteroatoms. The maximum atomic E-state index is 12.4. The molecule has 0 aromatic heterocycles. The van der Waals surface area contributed by atoms with E-state index in [4.69, 9.17) is 5.11 Å². The molecule has 0 aliphatic rings. The molecule has 3 N–H and O–H groups in total. The van der Waals surface area contributed by atoms with Gasteiger partial charge in [0.15, 0.2) is 0 Å². The number of amides is 1. The second kappa shape index (κ2) is 8.25. The summed E-state index contributed by atoms with van der Waals surface area (Å²) in [5.41, 5.74) is 2.29. The minimum atomic E-state index is -3.71. The van der Waals surface area contributed by atoms with E-state index in [1.807, 2.05) is 6.92 Å². The minimum absolute atomic E-state index is 0.0548. The Morgan fingerprint density at radius 2 is 1.71 bits per heavy atom. The van der Waals surface area contributed by atoms with Crippen LogP contribution in [0, 0.1) is 20.8 Å². The van der Waals surface area contributed by atoms with Gasteiger partial charge in [-0.15, -0.1) is 0 Å². The number of carbonyl (C=O) groups excluding carboxylic acids is 1. The average Bonchev–Trinajstić information content (AvgIpc) is 2.34. The summed E-state index contributed by atoms with van der Waals surface area (Å²) in [7, 11) is -3.71. The van der Waals surface area contributed by atoms with E-state index in [1.165, 1.54) is 0 Å². The molecule has 24 heavy (non-hydrogen) atoms. The van der Waals surface area contributed by atoms with Crippen LogP contribution >= 0.6 is 0 Å². The number of carboxylic acids is 1. The van der Waals surface area contributed by atoms with Gasteiger partial charge in [-0.05, 0) is 38.8 Å². The molecule has 0 saturated carbocycles. The summed E-state index contributed by atoms with van der Waals surface area (Å²) in [4.78, 5) is 22.5. The van der Waals surface area contributed by atoms with Crippen molar-refractivity contribution >= 4 is 21.9 Å². The molecular formula is C16H24N2O5S. The molecule has 1 rings (SSSR count). The van der Waals surface area contributed by atoms with Gasteiger partial charge in [0.2, 0.25) is 15.9 Å². The Balaban J connectivity index is 2.64. The number of sulfonamides is 1. The first-order valence-electron chi connectivity index (χ1n) is 7.61. The van der Waals surface area contributed by atoms with Crippen LogP contribution in [0.2, 0.25) is 0 Å². The molecule has 0 saturated heterocycles. The number of benzene rings is 1. The van der Waals surface area contributed by atoms with Crippen molar-refractivity contribution in [2.24, 2.45) is 0 Å². The summed E-state index contributed by atoms with van der Waals surface area (Å²) in [5.74, 6) is -1.40. The van der Waals surface area contributed by atoms with Crippen LogP contribution in [0.15, 0.2) is 17.0 Å². The van der Waals surface area contributed by atoms with E-state index in [0.717, 1.165) is 5.56 Å². The van der Waals surface area contributed by atoms with Crippen molar-refractivity contribution in [3.8, 4) is 0 Å². The highest BCUT2D eigenvalue weighted by Crippen LogP contribution is 2.21. The monoisotopic (exact) mass is 356 g/mol. The number of aryl methyl sites for hydroxylation is 3. The highest BCUT2D eigenvalue weighted by Gasteiger charge is 2.20. The lowest BCUT2D eigenvalue weighted by Gasteiger charge is -2.14. The van der Waals surface area contributed by atoms with E-state index >= 15 is 0 Å². The summed E-state index contributed by atoms with van der Waals surface area (Å²) < 4.78 is 27.2. The summed E-state index contributed by atoms with van der Waals surface area (Å²) in [6.45, 7) is 6.88. The van der Waals surface area contributed by atoms with E-state index in [0.29, 0.717) is 11.1 Å². The largest absolute Gasteiger partial charge is 0.481 e. The van der Waals surface area contributed by atoms with Gasteiger partial charge in [0.05, 0.1) is 11.3 Å². The minimum Gasteiger partial charge on any atom is -0.481 e. The molecule has 0 aliphatic heterocycles. The zero-order valence-corrected chi connectivity index (χ0v) is 15.2. The summed E-state index contributed by atoms with van der Waals surface area (Å²) in [5, 5.41) is 11.1. The van der Waals surface area contributed by atoms with Gasteiger partial charge in [0.1, 0.15) is 0 Å². The Bertz CT molecular complexity index is 705. The Morgan fingerprint density at radius 1 is 1.17 bits per heavy atom. The van der Waals surface area contributed by atoms with Gasteiger partial charge in [-0.3, -0.25) is 9.59 Å². The molecule has 134 valence electrons. The first kappa shape index (κ1) is 20.1. The predicted molar refractivity (Wildman–Crippen MR) is 90.3 cm³/mol. The Morgan fingerprint density at radius 3 is 2.21 bits per heavy atom. The molecule has 1 aromatic rings. The molecule has 0 heterocycles. The lowest BCUT2D eigenvalue weighted by atomic mass is 10.1. The highest BCUT2D eigenvalue weighted by molar-refractivity contribution is 7.89. The van der Waals surface area contributed by atoms with Crippen LogP contribution in [-0.4, -0.2) is 38.0 Å². The van der Waals surface area contributed by atoms with Crippen LogP contribution < -0.4 is 10.0 Å². The lowest BCUT2D eigenvalue weighted by molar-refractivity contribution is -0.137. The zero-order valence-electron chi connectivity index (χ0n) is 14.3. The van der Waals surface area contributed by atoms with Crippen LogP contribution in [0.25, 0.3) is 0 Å². The summed E-state index contributed by atoms with van der Waals surface area (Å²) in [6, 6.07) is 3.08. The van der Waals surface area contributed by atoms with Gasteiger partial charge in [-0.25, -0.2) is 13.1 Å². The third-order valence-electron chi connectivity index (χ3n) is 3.41. The Kier molecular flexibility index (Phi) is 6.92. The van der Waals surface area contributed by atoms with Crippen LogP contribution in [0.3, 0.4) is 0 Å². The molecule has 7 nitrogen and oxygen atoms in total. The van der Waals surface area contributed by atoms with E-state index in [9.17, 15) is 18.0 Å². The molecule has 1 aromatic carbocycles. The van der Waals surface area contributed by atoms with Crippen LogP contribution in [0.4, 0.5) is 0 Å². The van der Waals surface area contributed by atoms with Crippen molar-refractivity contribution in [3.05, 3.63) is 28.8 Å². The van der Waals surface area contributed by atoms with Crippen molar-refractivity contribution in [1.82, 2.24) is 10.0 Å². The third kappa shape index (κ3) is 5.93. The molecule has 1 atom stereocenters. The quantitative estimate of drug-likeness (QED) is 0.649. The van der Waals surface area contributed by atoms with Gasteiger partial charge >= 0.3 is 5.97 Å². The zero-order chi connectivity index (χ0) is 18.5. The van der Waals surface area contributed by atoms with Crippen molar-refractivity contribution in [3.63, 3.8) is 0 Å². The second-order valence-electron chi connectivity index (χ2n) is 5.94. The molecule has 0 radical (unpaired) electrons. The van der Waals surface area contributed by atoms with E-state index in [-0.39, 0.29) is 24.3 Å². The molecular weight excluding hydrogens is 332 g/mol. The smallest absolute Gasteiger partial charge is 0.305 e. The molecule has 0 aliphatic carbocycles. The number of hydrogen-bond donors (Lipinski definition) is 3. The Labute approximate surface area is 142 Å². The van der Waals surface area contributed by atoms with Gasteiger partial charge in [0, 0.05) is 19.0 Å². The van der Waals surface area contributed by atoms with Gasteiger partial charge in [0.25, 0.3) is 0 Å². The van der Waals surface area contributed by atoms with Gasteiger partial charge in [-0.1, -0.05) is 17.7 Å². The van der Waals surface area contributed by atoms with Gasteiger partial charge < -0.3 is 10.4 Å². The number of nitrogens with one attached hydrogen (secondary N) is 2. The topological polar surface area (TPSA) is 113 Å². The fraction of sp³-hybridized carbons (Fsp3) is 0.500. The van der Waals surface area contributed by atoms with Crippen LogP contribution in [0.5, 0.6) is 0 Å². The third-order valence-corrected chi connectivity index (χ3v) is 5.17. The number of carbonyl (C=O) groups is 2. The van der Waals surface area contributed by atoms with Gasteiger partial charge in [-0.2, -0.15) is 0 Å². The highest BCUT2D eigenvalue weighted by atomic mass is 32.2. The average molecular weight is 356 g/mol. The van der Waals surface area contributed by atoms with Crippen molar-refractivity contribution in [1.29, 1.82) is 0 Å².